The number of hydrogen-bond donors (Lipinski definition) is 1. The monoisotopic (exact) mass is 283 g/mol. The van der Waals surface area contributed by atoms with Crippen LogP contribution in [-0.2, 0) is 4.74 Å². The number of nitrogens with one attached hydrogen (secondary N) is 1. The maximum absolute atomic E-state index is 9.18. The first-order chi connectivity index (χ1) is 10.3. The van der Waals surface area contributed by atoms with Gasteiger partial charge in [0.15, 0.2) is 0 Å². The van der Waals surface area contributed by atoms with E-state index in [2.05, 4.69) is 16.4 Å². The summed E-state index contributed by atoms with van der Waals surface area (Å²) in [4.78, 5) is 4.25. The number of benzene rings is 1. The van der Waals surface area contributed by atoms with Crippen LogP contribution < -0.4 is 5.32 Å². The third-order valence-electron chi connectivity index (χ3n) is 3.51. The van der Waals surface area contributed by atoms with E-state index in [0.29, 0.717) is 18.3 Å². The van der Waals surface area contributed by atoms with Gasteiger partial charge in [-0.1, -0.05) is 17.7 Å². The fourth-order valence-corrected chi connectivity index (χ4v) is 2.43. The van der Waals surface area contributed by atoms with E-state index in [-0.39, 0.29) is 11.8 Å². The molecule has 0 amide bonds. The van der Waals surface area contributed by atoms with E-state index < -0.39 is 0 Å². The molecule has 1 aromatic carbocycles. The third kappa shape index (κ3) is 3.06. The maximum Gasteiger partial charge on any atom is 0.232 e. The molecule has 5 heteroatoms. The molecule has 0 saturated carbocycles. The molecular formula is C16H17N3O2. The summed E-state index contributed by atoms with van der Waals surface area (Å²) in [6, 6.07) is 9.92. The van der Waals surface area contributed by atoms with Crippen LogP contribution in [0.4, 0.5) is 5.88 Å². The summed E-state index contributed by atoms with van der Waals surface area (Å²) in [6.45, 7) is 3.45. The van der Waals surface area contributed by atoms with Gasteiger partial charge in [-0.05, 0) is 31.9 Å². The van der Waals surface area contributed by atoms with Crippen molar-refractivity contribution >= 4 is 5.88 Å². The highest BCUT2D eigenvalue weighted by Crippen LogP contribution is 2.26. The SMILES string of the molecule is Cc1cccc(-c2nc(C#N)c(NC[C@@H]3CCCO3)o2)c1. The number of aromatic nitrogens is 1. The molecule has 1 saturated heterocycles. The van der Waals surface area contributed by atoms with E-state index in [4.69, 9.17) is 9.15 Å². The number of rotatable bonds is 4. The lowest BCUT2D eigenvalue weighted by Gasteiger charge is -2.09. The Bertz CT molecular complexity index is 666. The normalized spacial score (nSPS) is 17.6. The Morgan fingerprint density at radius 1 is 1.48 bits per heavy atom. The first kappa shape index (κ1) is 13.7. The smallest absolute Gasteiger partial charge is 0.232 e. The summed E-state index contributed by atoms with van der Waals surface area (Å²) in [5, 5.41) is 12.3. The minimum Gasteiger partial charge on any atom is -0.419 e. The molecule has 21 heavy (non-hydrogen) atoms. The van der Waals surface area contributed by atoms with Crippen molar-refractivity contribution in [3.05, 3.63) is 35.5 Å². The minimum absolute atomic E-state index is 0.184. The summed E-state index contributed by atoms with van der Waals surface area (Å²) < 4.78 is 11.3. The van der Waals surface area contributed by atoms with Crippen molar-refractivity contribution in [1.82, 2.24) is 4.98 Å². The average molecular weight is 283 g/mol. The Morgan fingerprint density at radius 2 is 2.38 bits per heavy atom. The fraction of sp³-hybridized carbons (Fsp3) is 0.375. The zero-order valence-electron chi connectivity index (χ0n) is 11.9. The fourth-order valence-electron chi connectivity index (χ4n) is 2.43. The number of oxazole rings is 1. The van der Waals surface area contributed by atoms with Crippen LogP contribution in [-0.4, -0.2) is 24.2 Å². The molecule has 3 rings (SSSR count). The van der Waals surface area contributed by atoms with Crippen LogP contribution in [0.3, 0.4) is 0 Å². The molecule has 1 aromatic heterocycles. The van der Waals surface area contributed by atoms with Crippen LogP contribution in [0.25, 0.3) is 11.5 Å². The Hall–Kier alpha value is -2.32. The van der Waals surface area contributed by atoms with Gasteiger partial charge in [0.2, 0.25) is 17.5 Å². The Morgan fingerprint density at radius 3 is 3.10 bits per heavy atom. The van der Waals surface area contributed by atoms with Gasteiger partial charge in [0.1, 0.15) is 6.07 Å². The molecule has 0 spiro atoms. The zero-order valence-corrected chi connectivity index (χ0v) is 11.9. The standard InChI is InChI=1S/C16H17N3O2/c1-11-4-2-5-12(8-11)15-19-14(9-17)16(21-15)18-10-13-6-3-7-20-13/h2,4-5,8,13,18H,3,6-7,10H2,1H3/t13-/m0/s1. The average Bonchev–Trinajstić information content (AvgIpc) is 3.14. The second-order valence-electron chi connectivity index (χ2n) is 5.19. The number of ether oxygens (including phenoxy) is 1. The van der Waals surface area contributed by atoms with Gasteiger partial charge in [-0.3, -0.25) is 0 Å². The van der Waals surface area contributed by atoms with Crippen LogP contribution in [0, 0.1) is 18.3 Å². The van der Waals surface area contributed by atoms with E-state index in [1.807, 2.05) is 31.2 Å². The van der Waals surface area contributed by atoms with Crippen molar-refractivity contribution in [2.75, 3.05) is 18.5 Å². The van der Waals surface area contributed by atoms with Crippen molar-refractivity contribution in [1.29, 1.82) is 5.26 Å². The van der Waals surface area contributed by atoms with Crippen LogP contribution in [0.5, 0.6) is 0 Å². The third-order valence-corrected chi connectivity index (χ3v) is 3.51. The summed E-state index contributed by atoms with van der Waals surface area (Å²) in [7, 11) is 0. The van der Waals surface area contributed by atoms with Crippen molar-refractivity contribution in [3.63, 3.8) is 0 Å². The molecule has 108 valence electrons. The maximum atomic E-state index is 9.18. The van der Waals surface area contributed by atoms with E-state index in [1.54, 1.807) is 0 Å². The Labute approximate surface area is 123 Å². The lowest BCUT2D eigenvalue weighted by Crippen LogP contribution is -2.18. The summed E-state index contributed by atoms with van der Waals surface area (Å²) in [5.74, 6) is 0.884. The molecule has 0 radical (unpaired) electrons. The van der Waals surface area contributed by atoms with Gasteiger partial charge in [-0.15, -0.1) is 0 Å². The first-order valence-corrected chi connectivity index (χ1v) is 7.09. The summed E-state index contributed by atoms with van der Waals surface area (Å²) >= 11 is 0. The Balaban J connectivity index is 1.79. The van der Waals surface area contributed by atoms with E-state index in [0.717, 1.165) is 30.6 Å². The number of aryl methyl sites for hydroxylation is 1. The van der Waals surface area contributed by atoms with Gasteiger partial charge in [-0.25, -0.2) is 0 Å². The molecule has 2 heterocycles. The number of anilines is 1. The summed E-state index contributed by atoms with van der Waals surface area (Å²) in [6.07, 6.45) is 2.31. The van der Waals surface area contributed by atoms with E-state index in [9.17, 15) is 5.26 Å². The molecule has 1 aliphatic rings. The highest BCUT2D eigenvalue weighted by molar-refractivity contribution is 5.59. The van der Waals surface area contributed by atoms with Gasteiger partial charge >= 0.3 is 0 Å². The molecule has 1 aliphatic heterocycles. The van der Waals surface area contributed by atoms with Gasteiger partial charge in [0, 0.05) is 18.7 Å². The quantitative estimate of drug-likeness (QED) is 0.933. The van der Waals surface area contributed by atoms with E-state index >= 15 is 0 Å². The van der Waals surface area contributed by atoms with Crippen LogP contribution >= 0.6 is 0 Å². The number of nitrogens with zero attached hydrogens (tertiary/aromatic N) is 2. The van der Waals surface area contributed by atoms with Gasteiger partial charge in [0.25, 0.3) is 0 Å². The van der Waals surface area contributed by atoms with Crippen LogP contribution in [0.15, 0.2) is 28.7 Å². The lowest BCUT2D eigenvalue weighted by molar-refractivity contribution is 0.120. The Kier molecular flexibility index (Phi) is 3.89. The molecule has 0 bridgehead atoms. The molecule has 2 aromatic rings. The highest BCUT2D eigenvalue weighted by atomic mass is 16.5. The van der Waals surface area contributed by atoms with Gasteiger partial charge in [0.05, 0.1) is 6.10 Å². The molecule has 0 aliphatic carbocycles. The highest BCUT2D eigenvalue weighted by Gasteiger charge is 2.19. The molecule has 0 unspecified atom stereocenters. The summed E-state index contributed by atoms with van der Waals surface area (Å²) in [5.41, 5.74) is 2.28. The van der Waals surface area contributed by atoms with Crippen molar-refractivity contribution in [2.24, 2.45) is 0 Å². The van der Waals surface area contributed by atoms with Gasteiger partial charge in [-0.2, -0.15) is 10.2 Å². The molecule has 1 atom stereocenters. The minimum atomic E-state index is 0.184. The van der Waals surface area contributed by atoms with Crippen molar-refractivity contribution in [3.8, 4) is 17.5 Å². The number of nitriles is 1. The zero-order chi connectivity index (χ0) is 14.7. The van der Waals surface area contributed by atoms with Gasteiger partial charge < -0.3 is 14.5 Å². The largest absolute Gasteiger partial charge is 0.419 e. The predicted octanol–water partition coefficient (Wildman–Crippen LogP) is 3.11. The molecule has 1 fully saturated rings. The lowest BCUT2D eigenvalue weighted by atomic mass is 10.1. The van der Waals surface area contributed by atoms with E-state index in [1.165, 1.54) is 0 Å². The molecular weight excluding hydrogens is 266 g/mol. The van der Waals surface area contributed by atoms with Crippen LogP contribution in [0.1, 0.15) is 24.1 Å². The number of hydrogen-bond acceptors (Lipinski definition) is 5. The second-order valence-corrected chi connectivity index (χ2v) is 5.19. The van der Waals surface area contributed by atoms with Crippen molar-refractivity contribution < 1.29 is 9.15 Å². The first-order valence-electron chi connectivity index (χ1n) is 7.09. The molecule has 5 nitrogen and oxygen atoms in total. The molecule has 1 N–H and O–H groups in total. The van der Waals surface area contributed by atoms with Crippen molar-refractivity contribution in [2.45, 2.75) is 25.9 Å². The predicted molar refractivity (Wildman–Crippen MR) is 78.9 cm³/mol. The second kappa shape index (κ2) is 5.98. The van der Waals surface area contributed by atoms with Crippen LogP contribution in [0.2, 0.25) is 0 Å². The topological polar surface area (TPSA) is 71.1 Å².